The van der Waals surface area contributed by atoms with E-state index in [2.05, 4.69) is 12.2 Å². The third kappa shape index (κ3) is 1.38. The Hall–Kier alpha value is -1.16. The molecular formula is C15H20N2O2. The number of hydrogen-bond acceptors (Lipinski definition) is 3. The fourth-order valence-corrected chi connectivity index (χ4v) is 4.88. The number of carbonyl (C=O) groups excluding carboxylic acids is 2. The summed E-state index contributed by atoms with van der Waals surface area (Å²) >= 11 is 0. The fraction of sp³-hybridized carbons (Fsp3) is 0.733. The van der Waals surface area contributed by atoms with E-state index in [4.69, 9.17) is 5.73 Å². The summed E-state index contributed by atoms with van der Waals surface area (Å²) in [5.41, 5.74) is 5.80. The van der Waals surface area contributed by atoms with E-state index in [1.807, 2.05) is 0 Å². The lowest BCUT2D eigenvalue weighted by Crippen LogP contribution is -2.45. The molecule has 4 rings (SSSR count). The number of rotatable bonds is 2. The van der Waals surface area contributed by atoms with E-state index in [-0.39, 0.29) is 29.7 Å². The number of fused-ring (bicyclic) bond motifs is 5. The lowest BCUT2D eigenvalue weighted by molar-refractivity contribution is -0.144. The van der Waals surface area contributed by atoms with Crippen LogP contribution in [0.1, 0.15) is 25.7 Å². The van der Waals surface area contributed by atoms with Gasteiger partial charge in [-0.1, -0.05) is 18.6 Å². The molecule has 19 heavy (non-hydrogen) atoms. The zero-order chi connectivity index (χ0) is 13.1. The van der Waals surface area contributed by atoms with Crippen LogP contribution in [0.3, 0.4) is 0 Å². The molecule has 2 saturated carbocycles. The number of allylic oxidation sites excluding steroid dienone is 2. The largest absolute Gasteiger partial charge is 0.330 e. The summed E-state index contributed by atoms with van der Waals surface area (Å²) in [7, 11) is 0. The molecule has 4 nitrogen and oxygen atoms in total. The summed E-state index contributed by atoms with van der Waals surface area (Å²) in [4.78, 5) is 26.9. The van der Waals surface area contributed by atoms with Crippen molar-refractivity contribution in [3.05, 3.63) is 12.2 Å². The van der Waals surface area contributed by atoms with Gasteiger partial charge in [0, 0.05) is 6.04 Å². The van der Waals surface area contributed by atoms with Crippen LogP contribution < -0.4 is 5.73 Å². The van der Waals surface area contributed by atoms with Crippen molar-refractivity contribution in [2.75, 3.05) is 6.54 Å². The smallest absolute Gasteiger partial charge is 0.233 e. The molecular weight excluding hydrogens is 240 g/mol. The molecule has 0 aromatic rings. The number of nitrogens with two attached hydrogens (primary N) is 1. The minimum absolute atomic E-state index is 0.0541. The van der Waals surface area contributed by atoms with E-state index in [1.165, 1.54) is 0 Å². The Morgan fingerprint density at radius 2 is 1.74 bits per heavy atom. The van der Waals surface area contributed by atoms with Crippen molar-refractivity contribution in [1.82, 2.24) is 4.90 Å². The van der Waals surface area contributed by atoms with Gasteiger partial charge >= 0.3 is 0 Å². The van der Waals surface area contributed by atoms with Gasteiger partial charge in [-0.25, -0.2) is 0 Å². The Morgan fingerprint density at radius 1 is 1.11 bits per heavy atom. The van der Waals surface area contributed by atoms with Crippen molar-refractivity contribution in [1.29, 1.82) is 0 Å². The molecule has 3 aliphatic carbocycles. The molecule has 0 spiro atoms. The summed E-state index contributed by atoms with van der Waals surface area (Å²) in [6.45, 7) is 0.585. The first-order valence-corrected chi connectivity index (χ1v) is 7.47. The first kappa shape index (κ1) is 11.6. The first-order valence-electron chi connectivity index (χ1n) is 7.47. The maximum atomic E-state index is 12.7. The molecule has 4 heteroatoms. The molecule has 102 valence electrons. The number of carbonyl (C=O) groups is 2. The number of likely N-dealkylation sites (tertiary alicyclic amines) is 1. The molecule has 4 aliphatic rings. The molecule has 0 radical (unpaired) electrons. The second-order valence-corrected chi connectivity index (χ2v) is 6.54. The van der Waals surface area contributed by atoms with E-state index in [1.54, 1.807) is 4.90 Å². The van der Waals surface area contributed by atoms with Gasteiger partial charge in [0.05, 0.1) is 11.8 Å². The van der Waals surface area contributed by atoms with Crippen molar-refractivity contribution in [3.8, 4) is 0 Å². The minimum Gasteiger partial charge on any atom is -0.330 e. The monoisotopic (exact) mass is 260 g/mol. The average molecular weight is 260 g/mol. The second kappa shape index (κ2) is 3.92. The van der Waals surface area contributed by atoms with Gasteiger partial charge in [-0.05, 0) is 43.6 Å². The lowest BCUT2D eigenvalue weighted by atomic mass is 9.85. The van der Waals surface area contributed by atoms with Crippen LogP contribution in [0.4, 0.5) is 0 Å². The predicted molar refractivity (Wildman–Crippen MR) is 69.8 cm³/mol. The normalized spacial score (nSPS) is 47.5. The Balaban J connectivity index is 1.65. The van der Waals surface area contributed by atoms with E-state index >= 15 is 0 Å². The molecule has 1 aliphatic heterocycles. The Kier molecular flexibility index (Phi) is 2.40. The van der Waals surface area contributed by atoms with Gasteiger partial charge in [0.15, 0.2) is 0 Å². The SMILES string of the molecule is NCC1CCCC1N1C(=O)C2C3C=CC(C3)C2C1=O. The third-order valence-corrected chi connectivity index (χ3v) is 5.76. The maximum absolute atomic E-state index is 12.7. The lowest BCUT2D eigenvalue weighted by Gasteiger charge is -2.28. The summed E-state index contributed by atoms with van der Waals surface area (Å²) in [6, 6.07) is 0.0787. The molecule has 2 amide bonds. The van der Waals surface area contributed by atoms with Crippen molar-refractivity contribution < 1.29 is 9.59 Å². The molecule has 0 aromatic carbocycles. The fourth-order valence-electron chi connectivity index (χ4n) is 4.88. The average Bonchev–Trinajstić information content (AvgIpc) is 3.14. The van der Waals surface area contributed by atoms with Gasteiger partial charge in [-0.3, -0.25) is 14.5 Å². The summed E-state index contributed by atoms with van der Waals surface area (Å²) in [5, 5.41) is 0. The second-order valence-electron chi connectivity index (χ2n) is 6.54. The standard InChI is InChI=1S/C15H20N2O2/c16-7-10-2-1-3-11(10)17-14(18)12-8-4-5-9(6-8)13(12)15(17)19/h4-5,8-13H,1-3,6-7,16H2. The van der Waals surface area contributed by atoms with Gasteiger partial charge in [0.2, 0.25) is 11.8 Å². The van der Waals surface area contributed by atoms with Gasteiger partial charge in [0.1, 0.15) is 0 Å². The summed E-state index contributed by atoms with van der Waals surface area (Å²) < 4.78 is 0. The number of amides is 2. The van der Waals surface area contributed by atoms with Crippen LogP contribution in [0.15, 0.2) is 12.2 Å². The van der Waals surface area contributed by atoms with Crippen LogP contribution in [-0.2, 0) is 9.59 Å². The van der Waals surface area contributed by atoms with Crippen molar-refractivity contribution in [3.63, 3.8) is 0 Å². The van der Waals surface area contributed by atoms with Crippen LogP contribution in [0.5, 0.6) is 0 Å². The predicted octanol–water partition coefficient (Wildman–Crippen LogP) is 0.921. The van der Waals surface area contributed by atoms with Gasteiger partial charge in [-0.2, -0.15) is 0 Å². The van der Waals surface area contributed by atoms with E-state index in [0.29, 0.717) is 24.3 Å². The molecule has 3 fully saturated rings. The molecule has 6 unspecified atom stereocenters. The van der Waals surface area contributed by atoms with Crippen LogP contribution in [0.25, 0.3) is 0 Å². The summed E-state index contributed by atoms with van der Waals surface area (Å²) in [5.74, 6) is 1.03. The minimum atomic E-state index is -0.0541. The Labute approximate surface area is 113 Å². The van der Waals surface area contributed by atoms with Crippen LogP contribution in [-0.4, -0.2) is 29.3 Å². The quantitative estimate of drug-likeness (QED) is 0.593. The van der Waals surface area contributed by atoms with Crippen LogP contribution in [0, 0.1) is 29.6 Å². The molecule has 0 aromatic heterocycles. The molecule has 1 saturated heterocycles. The van der Waals surface area contributed by atoms with E-state index in [9.17, 15) is 9.59 Å². The molecule has 6 atom stereocenters. The zero-order valence-electron chi connectivity index (χ0n) is 11.0. The highest BCUT2D eigenvalue weighted by atomic mass is 16.2. The van der Waals surface area contributed by atoms with Gasteiger partial charge in [0.25, 0.3) is 0 Å². The highest BCUT2D eigenvalue weighted by molar-refractivity contribution is 6.06. The van der Waals surface area contributed by atoms with Gasteiger partial charge < -0.3 is 5.73 Å². The van der Waals surface area contributed by atoms with Crippen LogP contribution >= 0.6 is 0 Å². The van der Waals surface area contributed by atoms with E-state index in [0.717, 1.165) is 25.7 Å². The maximum Gasteiger partial charge on any atom is 0.233 e. The van der Waals surface area contributed by atoms with Crippen molar-refractivity contribution in [2.45, 2.75) is 31.7 Å². The van der Waals surface area contributed by atoms with Crippen LogP contribution in [0.2, 0.25) is 0 Å². The topological polar surface area (TPSA) is 63.4 Å². The zero-order valence-corrected chi connectivity index (χ0v) is 11.0. The highest BCUT2D eigenvalue weighted by Crippen LogP contribution is 2.53. The Bertz CT molecular complexity index is 443. The van der Waals surface area contributed by atoms with Gasteiger partial charge in [-0.15, -0.1) is 0 Å². The third-order valence-electron chi connectivity index (χ3n) is 5.76. The molecule has 2 N–H and O–H groups in total. The number of hydrogen-bond donors (Lipinski definition) is 1. The summed E-state index contributed by atoms with van der Waals surface area (Å²) in [6.07, 6.45) is 8.39. The van der Waals surface area contributed by atoms with Crippen molar-refractivity contribution in [2.24, 2.45) is 35.3 Å². The first-order chi connectivity index (χ1) is 9.22. The Morgan fingerprint density at radius 3 is 2.32 bits per heavy atom. The molecule has 2 bridgehead atoms. The van der Waals surface area contributed by atoms with E-state index < -0.39 is 0 Å². The highest BCUT2D eigenvalue weighted by Gasteiger charge is 2.61. The molecule has 1 heterocycles. The number of nitrogens with zero attached hydrogens (tertiary/aromatic N) is 1. The number of imide groups is 1. The van der Waals surface area contributed by atoms with Crippen molar-refractivity contribution >= 4 is 11.8 Å².